The molecule has 10 heteroatoms. The summed E-state index contributed by atoms with van der Waals surface area (Å²) < 4.78 is 32.3. The molecule has 7 nitrogen and oxygen atoms in total. The standard InChI is InChI=1S/C21H23ClN2O5S2/c1-15(29-20(25)10-7-16-6-5-13-30-16)21(26)23-19-14-17(8-9-18(19)22)31(27,28)24-11-3-2-4-12-24/h5-10,13-15H,2-4,11-12H2,1H3,(H,23,26)/b10-7+/t15-/m1/s1. The lowest BCUT2D eigenvalue weighted by molar-refractivity contribution is -0.148. The molecule has 31 heavy (non-hydrogen) atoms. The van der Waals surface area contributed by atoms with Gasteiger partial charge >= 0.3 is 5.97 Å². The van der Waals surface area contributed by atoms with Crippen LogP contribution < -0.4 is 5.32 Å². The molecular formula is C21H23ClN2O5S2. The third-order valence-electron chi connectivity index (χ3n) is 4.74. The number of carbonyl (C=O) groups excluding carboxylic acids is 2. The molecule has 1 aromatic heterocycles. The van der Waals surface area contributed by atoms with E-state index in [-0.39, 0.29) is 15.6 Å². The van der Waals surface area contributed by atoms with Gasteiger partial charge in [0.1, 0.15) is 0 Å². The third kappa shape index (κ3) is 6.16. The van der Waals surface area contributed by atoms with Crippen LogP contribution in [-0.2, 0) is 24.3 Å². The Morgan fingerprint density at radius 1 is 1.23 bits per heavy atom. The number of nitrogens with zero attached hydrogens (tertiary/aromatic N) is 1. The average Bonchev–Trinajstić information content (AvgIpc) is 3.28. The minimum Gasteiger partial charge on any atom is -0.449 e. The van der Waals surface area contributed by atoms with Crippen molar-refractivity contribution in [2.75, 3.05) is 18.4 Å². The van der Waals surface area contributed by atoms with Gasteiger partial charge in [-0.15, -0.1) is 11.3 Å². The Morgan fingerprint density at radius 3 is 2.65 bits per heavy atom. The first-order valence-corrected chi connectivity index (χ1v) is 12.5. The highest BCUT2D eigenvalue weighted by Crippen LogP contribution is 2.28. The summed E-state index contributed by atoms with van der Waals surface area (Å²) in [5.74, 6) is -1.28. The van der Waals surface area contributed by atoms with Crippen molar-refractivity contribution in [3.63, 3.8) is 0 Å². The number of hydrogen-bond donors (Lipinski definition) is 1. The molecule has 0 saturated carbocycles. The van der Waals surface area contributed by atoms with E-state index in [2.05, 4.69) is 5.32 Å². The van der Waals surface area contributed by atoms with Crippen LogP contribution in [0.1, 0.15) is 31.1 Å². The molecule has 1 N–H and O–H groups in total. The van der Waals surface area contributed by atoms with E-state index < -0.39 is 28.0 Å². The predicted octanol–water partition coefficient (Wildman–Crippen LogP) is 4.16. The van der Waals surface area contributed by atoms with Gasteiger partial charge in [-0.2, -0.15) is 4.31 Å². The monoisotopic (exact) mass is 482 g/mol. The van der Waals surface area contributed by atoms with Gasteiger partial charge < -0.3 is 10.1 Å². The van der Waals surface area contributed by atoms with Gasteiger partial charge in [0.15, 0.2) is 6.10 Å². The van der Waals surface area contributed by atoms with Crippen molar-refractivity contribution in [2.24, 2.45) is 0 Å². The lowest BCUT2D eigenvalue weighted by Crippen LogP contribution is -2.35. The molecule has 166 valence electrons. The van der Waals surface area contributed by atoms with E-state index in [1.54, 1.807) is 6.08 Å². The van der Waals surface area contributed by atoms with Crippen LogP contribution >= 0.6 is 22.9 Å². The van der Waals surface area contributed by atoms with Crippen LogP contribution in [0.4, 0.5) is 5.69 Å². The van der Waals surface area contributed by atoms with E-state index in [0.717, 1.165) is 24.1 Å². The number of benzene rings is 1. The normalized spacial score (nSPS) is 16.2. The zero-order chi connectivity index (χ0) is 22.4. The van der Waals surface area contributed by atoms with Crippen LogP contribution in [0.2, 0.25) is 5.02 Å². The molecule has 1 fully saturated rings. The first-order valence-electron chi connectivity index (χ1n) is 9.80. The molecule has 1 amide bonds. The summed E-state index contributed by atoms with van der Waals surface area (Å²) in [6.07, 6.45) is 4.39. The first kappa shape index (κ1) is 23.5. The van der Waals surface area contributed by atoms with Crippen LogP contribution in [0.25, 0.3) is 6.08 Å². The number of sulfonamides is 1. The van der Waals surface area contributed by atoms with Gasteiger partial charge in [-0.05, 0) is 55.5 Å². The molecule has 1 aromatic carbocycles. The summed E-state index contributed by atoms with van der Waals surface area (Å²) in [5.41, 5.74) is 0.141. The summed E-state index contributed by atoms with van der Waals surface area (Å²) in [4.78, 5) is 25.3. The molecule has 0 unspecified atom stereocenters. The minimum atomic E-state index is -3.68. The second kappa shape index (κ2) is 10.4. The van der Waals surface area contributed by atoms with Gasteiger partial charge in [0.05, 0.1) is 15.6 Å². The highest BCUT2D eigenvalue weighted by atomic mass is 35.5. The highest BCUT2D eigenvalue weighted by Gasteiger charge is 2.27. The number of nitrogens with one attached hydrogen (secondary N) is 1. The Morgan fingerprint density at radius 2 is 1.97 bits per heavy atom. The minimum absolute atomic E-state index is 0.0534. The molecule has 0 bridgehead atoms. The summed E-state index contributed by atoms with van der Waals surface area (Å²) >= 11 is 7.62. The summed E-state index contributed by atoms with van der Waals surface area (Å²) in [5, 5.41) is 4.61. The van der Waals surface area contributed by atoms with Crippen molar-refractivity contribution in [1.29, 1.82) is 0 Å². The van der Waals surface area contributed by atoms with E-state index in [1.807, 2.05) is 17.5 Å². The SMILES string of the molecule is C[C@@H](OC(=O)/C=C/c1cccs1)C(=O)Nc1cc(S(=O)(=O)N2CCCCC2)ccc1Cl. The van der Waals surface area contributed by atoms with Crippen LogP contribution in [0.3, 0.4) is 0 Å². The second-order valence-corrected chi connectivity index (χ2v) is 10.3. The number of hydrogen-bond acceptors (Lipinski definition) is 6. The number of esters is 1. The van der Waals surface area contributed by atoms with Gasteiger partial charge in [-0.1, -0.05) is 24.1 Å². The Kier molecular flexibility index (Phi) is 7.88. The highest BCUT2D eigenvalue weighted by molar-refractivity contribution is 7.89. The zero-order valence-corrected chi connectivity index (χ0v) is 19.3. The maximum atomic E-state index is 12.9. The Labute approximate surface area is 190 Å². The van der Waals surface area contributed by atoms with Crippen LogP contribution in [0, 0.1) is 0 Å². The molecular weight excluding hydrogens is 460 g/mol. The second-order valence-electron chi connectivity index (χ2n) is 7.02. The average molecular weight is 483 g/mol. The van der Waals surface area contributed by atoms with Crippen molar-refractivity contribution < 1.29 is 22.7 Å². The van der Waals surface area contributed by atoms with Crippen molar-refractivity contribution in [3.05, 3.63) is 51.7 Å². The third-order valence-corrected chi connectivity index (χ3v) is 7.80. The number of rotatable bonds is 7. The number of carbonyl (C=O) groups is 2. The predicted molar refractivity (Wildman–Crippen MR) is 122 cm³/mol. The van der Waals surface area contributed by atoms with E-state index in [4.69, 9.17) is 16.3 Å². The van der Waals surface area contributed by atoms with E-state index >= 15 is 0 Å². The van der Waals surface area contributed by atoms with Gasteiger partial charge in [0.2, 0.25) is 10.0 Å². The molecule has 1 atom stereocenters. The summed E-state index contributed by atoms with van der Waals surface area (Å²) in [6, 6.07) is 7.87. The van der Waals surface area contributed by atoms with Gasteiger partial charge in [-0.3, -0.25) is 4.79 Å². The van der Waals surface area contributed by atoms with Gasteiger partial charge in [0, 0.05) is 24.0 Å². The Hall–Kier alpha value is -2.20. The van der Waals surface area contributed by atoms with Crippen LogP contribution in [0.5, 0.6) is 0 Å². The maximum absolute atomic E-state index is 12.9. The zero-order valence-electron chi connectivity index (χ0n) is 16.9. The van der Waals surface area contributed by atoms with Crippen molar-refractivity contribution >= 4 is 56.6 Å². The number of amides is 1. The van der Waals surface area contributed by atoms with Crippen LogP contribution in [0.15, 0.2) is 46.7 Å². The fourth-order valence-corrected chi connectivity index (χ4v) is 5.38. The van der Waals surface area contributed by atoms with Gasteiger partial charge in [-0.25, -0.2) is 13.2 Å². The largest absolute Gasteiger partial charge is 0.449 e. The summed E-state index contributed by atoms with van der Waals surface area (Å²) in [7, 11) is -3.68. The van der Waals surface area contributed by atoms with E-state index in [0.29, 0.717) is 13.1 Å². The van der Waals surface area contributed by atoms with Crippen molar-refractivity contribution in [3.8, 4) is 0 Å². The molecule has 2 heterocycles. The Balaban J connectivity index is 1.66. The van der Waals surface area contributed by atoms with E-state index in [9.17, 15) is 18.0 Å². The molecule has 1 saturated heterocycles. The quantitative estimate of drug-likeness (QED) is 0.472. The molecule has 0 aliphatic carbocycles. The smallest absolute Gasteiger partial charge is 0.331 e. The molecule has 1 aliphatic rings. The molecule has 0 spiro atoms. The number of thiophene rings is 1. The topological polar surface area (TPSA) is 92.8 Å². The fraction of sp³-hybridized carbons (Fsp3) is 0.333. The fourth-order valence-electron chi connectivity index (χ4n) is 3.05. The lowest BCUT2D eigenvalue weighted by atomic mass is 10.2. The molecule has 3 rings (SSSR count). The maximum Gasteiger partial charge on any atom is 0.331 e. The number of halogens is 1. The van der Waals surface area contributed by atoms with Crippen LogP contribution in [-0.4, -0.2) is 43.8 Å². The van der Waals surface area contributed by atoms with Crippen molar-refractivity contribution in [1.82, 2.24) is 4.31 Å². The molecule has 1 aliphatic heterocycles. The number of ether oxygens (including phenoxy) is 1. The lowest BCUT2D eigenvalue weighted by Gasteiger charge is -2.26. The Bertz CT molecular complexity index is 1060. The molecule has 0 radical (unpaired) electrons. The molecule has 2 aromatic rings. The summed E-state index contributed by atoms with van der Waals surface area (Å²) in [6.45, 7) is 2.37. The number of anilines is 1. The van der Waals surface area contributed by atoms with Gasteiger partial charge in [0.25, 0.3) is 5.91 Å². The van der Waals surface area contributed by atoms with Crippen molar-refractivity contribution in [2.45, 2.75) is 37.2 Å². The first-order chi connectivity index (χ1) is 14.8. The number of piperidine rings is 1. The van der Waals surface area contributed by atoms with E-state index in [1.165, 1.54) is 46.8 Å².